The number of hydrogen-bond acceptors (Lipinski definition) is 3. The van der Waals surface area contributed by atoms with Gasteiger partial charge in [-0.25, -0.2) is 9.86 Å². The summed E-state index contributed by atoms with van der Waals surface area (Å²) in [5, 5.41) is 10.2. The first-order chi connectivity index (χ1) is 6.66. The Kier molecular flexibility index (Phi) is 3.48. The van der Waals surface area contributed by atoms with Gasteiger partial charge in [-0.05, 0) is 19.1 Å². The van der Waals surface area contributed by atoms with E-state index in [1.807, 2.05) is 18.2 Å². The Hall–Kier alpha value is -1.55. The zero-order valence-electron chi connectivity index (χ0n) is 8.18. The van der Waals surface area contributed by atoms with Crippen LogP contribution in [0.4, 0.5) is 5.69 Å². The Morgan fingerprint density at radius 1 is 1.43 bits per heavy atom. The van der Waals surface area contributed by atoms with Crippen molar-refractivity contribution in [2.75, 3.05) is 12.2 Å². The molecule has 4 nitrogen and oxygen atoms in total. The van der Waals surface area contributed by atoms with E-state index in [0.29, 0.717) is 0 Å². The molecule has 76 valence electrons. The standard InChI is InChI=1S/C10H13NO3/c1-8(10(12)13)11(14-2)9-6-4-3-5-7-9/h3-8H,1-2H3,(H,12,13)/t8-/m0/s1. The maximum Gasteiger partial charge on any atom is 0.328 e. The van der Waals surface area contributed by atoms with Crippen LogP contribution in [0.2, 0.25) is 0 Å². The van der Waals surface area contributed by atoms with Gasteiger partial charge in [-0.15, -0.1) is 0 Å². The molecule has 14 heavy (non-hydrogen) atoms. The SMILES string of the molecule is CON(c1ccccc1)[C@@H](C)C(=O)O. The van der Waals surface area contributed by atoms with Crippen molar-refractivity contribution in [2.24, 2.45) is 0 Å². The molecule has 0 fully saturated rings. The van der Waals surface area contributed by atoms with E-state index in [-0.39, 0.29) is 0 Å². The van der Waals surface area contributed by atoms with Gasteiger partial charge >= 0.3 is 5.97 Å². The van der Waals surface area contributed by atoms with Gasteiger partial charge in [-0.2, -0.15) is 0 Å². The van der Waals surface area contributed by atoms with Crippen molar-refractivity contribution in [2.45, 2.75) is 13.0 Å². The molecule has 0 aliphatic carbocycles. The highest BCUT2D eigenvalue weighted by Gasteiger charge is 2.20. The molecule has 0 saturated heterocycles. The summed E-state index contributed by atoms with van der Waals surface area (Å²) in [7, 11) is 1.45. The maximum absolute atomic E-state index is 10.8. The van der Waals surface area contributed by atoms with E-state index in [2.05, 4.69) is 0 Å². The summed E-state index contributed by atoms with van der Waals surface area (Å²) in [4.78, 5) is 15.8. The fourth-order valence-electron chi connectivity index (χ4n) is 1.16. The molecule has 0 bridgehead atoms. The van der Waals surface area contributed by atoms with Gasteiger partial charge in [0.1, 0.15) is 0 Å². The van der Waals surface area contributed by atoms with E-state index < -0.39 is 12.0 Å². The second kappa shape index (κ2) is 4.62. The summed E-state index contributed by atoms with van der Waals surface area (Å²) < 4.78 is 0. The van der Waals surface area contributed by atoms with Gasteiger partial charge in [-0.3, -0.25) is 4.84 Å². The van der Waals surface area contributed by atoms with Crippen LogP contribution in [0.5, 0.6) is 0 Å². The second-order valence-corrected chi connectivity index (χ2v) is 2.86. The third-order valence-electron chi connectivity index (χ3n) is 1.92. The second-order valence-electron chi connectivity index (χ2n) is 2.86. The number of benzene rings is 1. The molecule has 1 N–H and O–H groups in total. The number of carbonyl (C=O) groups is 1. The predicted octanol–water partition coefficient (Wildman–Crippen LogP) is 1.53. The van der Waals surface area contributed by atoms with Gasteiger partial charge in [0.15, 0.2) is 6.04 Å². The van der Waals surface area contributed by atoms with Crippen molar-refractivity contribution in [1.82, 2.24) is 0 Å². The average molecular weight is 195 g/mol. The number of hydrogen-bond donors (Lipinski definition) is 1. The first-order valence-corrected chi connectivity index (χ1v) is 4.28. The summed E-state index contributed by atoms with van der Waals surface area (Å²) in [6, 6.07) is 8.41. The molecule has 0 radical (unpaired) electrons. The molecule has 0 unspecified atom stereocenters. The van der Waals surface area contributed by atoms with Gasteiger partial charge < -0.3 is 5.11 Å². The predicted molar refractivity (Wildman–Crippen MR) is 53.0 cm³/mol. The smallest absolute Gasteiger partial charge is 0.328 e. The molecular formula is C10H13NO3. The first-order valence-electron chi connectivity index (χ1n) is 4.28. The van der Waals surface area contributed by atoms with E-state index in [9.17, 15) is 4.79 Å². The molecule has 0 heterocycles. The monoisotopic (exact) mass is 195 g/mol. The van der Waals surface area contributed by atoms with Gasteiger partial charge in [0.2, 0.25) is 0 Å². The highest BCUT2D eigenvalue weighted by Crippen LogP contribution is 2.16. The van der Waals surface area contributed by atoms with Gasteiger partial charge in [0, 0.05) is 0 Å². The number of nitrogens with zero attached hydrogens (tertiary/aromatic N) is 1. The van der Waals surface area contributed by atoms with Crippen molar-refractivity contribution in [3.05, 3.63) is 30.3 Å². The zero-order chi connectivity index (χ0) is 10.6. The molecule has 0 spiro atoms. The largest absolute Gasteiger partial charge is 0.480 e. The van der Waals surface area contributed by atoms with E-state index in [1.165, 1.54) is 12.2 Å². The van der Waals surface area contributed by atoms with Crippen LogP contribution in [0.25, 0.3) is 0 Å². The Morgan fingerprint density at radius 2 is 2.00 bits per heavy atom. The van der Waals surface area contributed by atoms with Crippen molar-refractivity contribution in [3.63, 3.8) is 0 Å². The van der Waals surface area contributed by atoms with Crippen LogP contribution in [-0.4, -0.2) is 24.2 Å². The molecule has 0 aromatic heterocycles. The highest BCUT2D eigenvalue weighted by molar-refractivity contribution is 5.76. The summed E-state index contributed by atoms with van der Waals surface area (Å²) in [5.41, 5.74) is 0.727. The topological polar surface area (TPSA) is 49.8 Å². The molecular weight excluding hydrogens is 182 g/mol. The fourth-order valence-corrected chi connectivity index (χ4v) is 1.16. The normalized spacial score (nSPS) is 12.1. The minimum atomic E-state index is -0.921. The van der Waals surface area contributed by atoms with Crippen LogP contribution in [0, 0.1) is 0 Å². The lowest BCUT2D eigenvalue weighted by Gasteiger charge is -2.25. The quantitative estimate of drug-likeness (QED) is 0.740. The number of rotatable bonds is 4. The van der Waals surface area contributed by atoms with Crippen molar-refractivity contribution < 1.29 is 14.7 Å². The number of anilines is 1. The minimum Gasteiger partial charge on any atom is -0.480 e. The summed E-state index contributed by atoms with van der Waals surface area (Å²) in [5.74, 6) is -0.921. The van der Waals surface area contributed by atoms with E-state index in [1.54, 1.807) is 19.1 Å². The molecule has 1 aromatic carbocycles. The first kappa shape index (κ1) is 10.5. The third-order valence-corrected chi connectivity index (χ3v) is 1.92. The molecule has 0 saturated carbocycles. The highest BCUT2D eigenvalue weighted by atomic mass is 16.7. The van der Waals surface area contributed by atoms with Crippen LogP contribution in [0.15, 0.2) is 30.3 Å². The van der Waals surface area contributed by atoms with Crippen molar-refractivity contribution in [3.8, 4) is 0 Å². The van der Waals surface area contributed by atoms with Crippen LogP contribution >= 0.6 is 0 Å². The Bertz CT molecular complexity index is 299. The lowest BCUT2D eigenvalue weighted by Crippen LogP contribution is -2.38. The van der Waals surface area contributed by atoms with Crippen molar-refractivity contribution >= 4 is 11.7 Å². The Labute approximate surface area is 82.7 Å². The Morgan fingerprint density at radius 3 is 2.43 bits per heavy atom. The zero-order valence-corrected chi connectivity index (χ0v) is 8.18. The number of para-hydroxylation sites is 1. The molecule has 0 aliphatic heterocycles. The summed E-state index contributed by atoms with van der Waals surface area (Å²) in [6.07, 6.45) is 0. The summed E-state index contributed by atoms with van der Waals surface area (Å²) in [6.45, 7) is 1.57. The number of aliphatic carboxylic acids is 1. The number of carboxylic acids is 1. The van der Waals surface area contributed by atoms with Crippen LogP contribution in [-0.2, 0) is 9.63 Å². The summed E-state index contributed by atoms with van der Waals surface area (Å²) >= 11 is 0. The minimum absolute atomic E-state index is 0.706. The van der Waals surface area contributed by atoms with E-state index >= 15 is 0 Å². The number of hydroxylamine groups is 1. The Balaban J connectivity index is 2.87. The maximum atomic E-state index is 10.8. The van der Waals surface area contributed by atoms with Crippen LogP contribution in [0.3, 0.4) is 0 Å². The van der Waals surface area contributed by atoms with E-state index in [4.69, 9.17) is 9.94 Å². The number of carboxylic acid groups (broad SMARTS) is 1. The molecule has 0 amide bonds. The van der Waals surface area contributed by atoms with Crippen molar-refractivity contribution in [1.29, 1.82) is 0 Å². The lowest BCUT2D eigenvalue weighted by atomic mass is 10.2. The average Bonchev–Trinajstić information content (AvgIpc) is 2.20. The van der Waals surface area contributed by atoms with Gasteiger partial charge in [0.05, 0.1) is 12.8 Å². The molecule has 4 heteroatoms. The molecule has 1 atom stereocenters. The lowest BCUT2D eigenvalue weighted by molar-refractivity contribution is -0.140. The third kappa shape index (κ3) is 2.23. The molecule has 1 aromatic rings. The fraction of sp³-hybridized carbons (Fsp3) is 0.300. The van der Waals surface area contributed by atoms with Gasteiger partial charge in [0.25, 0.3) is 0 Å². The van der Waals surface area contributed by atoms with E-state index in [0.717, 1.165) is 5.69 Å². The van der Waals surface area contributed by atoms with Crippen LogP contribution < -0.4 is 5.06 Å². The van der Waals surface area contributed by atoms with Crippen LogP contribution in [0.1, 0.15) is 6.92 Å². The van der Waals surface area contributed by atoms with Gasteiger partial charge in [-0.1, -0.05) is 18.2 Å². The molecule has 0 aliphatic rings. The molecule has 1 rings (SSSR count).